The smallest absolute Gasteiger partial charge is 0.320 e. The van der Waals surface area contributed by atoms with E-state index in [-0.39, 0.29) is 19.6 Å². The first-order valence-electron chi connectivity index (χ1n) is 8.46. The topological polar surface area (TPSA) is 69.7 Å². The quantitative estimate of drug-likeness (QED) is 0.392. The number of esters is 2. The second kappa shape index (κ2) is 10.1. The van der Waals surface area contributed by atoms with Crippen LogP contribution in [0.25, 0.3) is 0 Å². The highest BCUT2D eigenvalue weighted by Gasteiger charge is 2.35. The molecule has 136 valence electrons. The molecule has 0 aliphatic carbocycles. The molecular formula is C21H22O5. The van der Waals surface area contributed by atoms with Crippen LogP contribution in [0.1, 0.15) is 24.5 Å². The third-order valence-corrected chi connectivity index (χ3v) is 3.99. The number of benzene rings is 2. The van der Waals surface area contributed by atoms with Crippen molar-refractivity contribution >= 4 is 18.2 Å². The van der Waals surface area contributed by atoms with Crippen LogP contribution in [0.3, 0.4) is 0 Å². The molecule has 2 aromatic carbocycles. The minimum Gasteiger partial charge on any atom is -0.460 e. The highest BCUT2D eigenvalue weighted by atomic mass is 16.6. The van der Waals surface area contributed by atoms with E-state index in [1.54, 1.807) is 6.92 Å². The molecule has 2 rings (SSSR count). The fourth-order valence-corrected chi connectivity index (χ4v) is 2.49. The van der Waals surface area contributed by atoms with Crippen molar-refractivity contribution in [1.82, 2.24) is 0 Å². The lowest BCUT2D eigenvalue weighted by molar-refractivity contribution is -0.166. The highest BCUT2D eigenvalue weighted by molar-refractivity contribution is 5.95. The van der Waals surface area contributed by atoms with Gasteiger partial charge in [-0.1, -0.05) is 67.6 Å². The zero-order chi connectivity index (χ0) is 18.8. The standard InChI is InChI=1S/C21H22O5/c1-16(12-13-22)19(20(23)25-14-17-8-4-2-5-9-17)21(24)26-15-18-10-6-3-7-11-18/h2-11,13,16,19H,12,14-15H2,1H3/t16-/m0/s1. The van der Waals surface area contributed by atoms with Crippen molar-refractivity contribution in [1.29, 1.82) is 0 Å². The van der Waals surface area contributed by atoms with Crippen LogP contribution in [0.2, 0.25) is 0 Å². The van der Waals surface area contributed by atoms with Gasteiger partial charge in [0.05, 0.1) is 0 Å². The molecule has 0 amide bonds. The van der Waals surface area contributed by atoms with Gasteiger partial charge in [0.1, 0.15) is 19.5 Å². The second-order valence-electron chi connectivity index (χ2n) is 6.04. The lowest BCUT2D eigenvalue weighted by Crippen LogP contribution is -2.33. The van der Waals surface area contributed by atoms with Gasteiger partial charge in [-0.05, 0) is 17.0 Å². The van der Waals surface area contributed by atoms with E-state index in [1.807, 2.05) is 60.7 Å². The molecule has 0 aliphatic rings. The molecule has 0 saturated heterocycles. The summed E-state index contributed by atoms with van der Waals surface area (Å²) < 4.78 is 10.6. The van der Waals surface area contributed by atoms with Crippen molar-refractivity contribution in [3.8, 4) is 0 Å². The molecular weight excluding hydrogens is 332 g/mol. The molecule has 1 atom stereocenters. The van der Waals surface area contributed by atoms with E-state index < -0.39 is 23.8 Å². The maximum atomic E-state index is 12.4. The fourth-order valence-electron chi connectivity index (χ4n) is 2.49. The van der Waals surface area contributed by atoms with Gasteiger partial charge in [0.2, 0.25) is 0 Å². The van der Waals surface area contributed by atoms with Crippen molar-refractivity contribution in [3.63, 3.8) is 0 Å². The maximum absolute atomic E-state index is 12.4. The van der Waals surface area contributed by atoms with Crippen molar-refractivity contribution in [2.75, 3.05) is 0 Å². The second-order valence-corrected chi connectivity index (χ2v) is 6.04. The zero-order valence-electron chi connectivity index (χ0n) is 14.7. The summed E-state index contributed by atoms with van der Waals surface area (Å²) in [5.74, 6) is -2.99. The number of hydrogen-bond donors (Lipinski definition) is 0. The number of rotatable bonds is 9. The molecule has 0 bridgehead atoms. The summed E-state index contributed by atoms with van der Waals surface area (Å²) in [6, 6.07) is 18.4. The Morgan fingerprint density at radius 3 is 1.65 bits per heavy atom. The summed E-state index contributed by atoms with van der Waals surface area (Å²) in [4.78, 5) is 35.7. The molecule has 0 heterocycles. The molecule has 0 aromatic heterocycles. The predicted molar refractivity (Wildman–Crippen MR) is 95.8 cm³/mol. The van der Waals surface area contributed by atoms with Gasteiger partial charge in [-0.25, -0.2) is 0 Å². The van der Waals surface area contributed by atoms with Gasteiger partial charge in [-0.2, -0.15) is 0 Å². The molecule has 0 unspecified atom stereocenters. The van der Waals surface area contributed by atoms with Crippen LogP contribution in [0, 0.1) is 11.8 Å². The van der Waals surface area contributed by atoms with Crippen LogP contribution in [0.5, 0.6) is 0 Å². The van der Waals surface area contributed by atoms with Crippen LogP contribution in [-0.2, 0) is 37.1 Å². The van der Waals surface area contributed by atoms with E-state index in [0.29, 0.717) is 6.29 Å². The first kappa shape index (κ1) is 19.4. The van der Waals surface area contributed by atoms with E-state index in [0.717, 1.165) is 11.1 Å². The van der Waals surface area contributed by atoms with Gasteiger partial charge in [-0.15, -0.1) is 0 Å². The molecule has 0 aliphatic heterocycles. The Balaban J connectivity index is 2.00. The Kier molecular flexibility index (Phi) is 7.55. The van der Waals surface area contributed by atoms with Gasteiger partial charge in [0, 0.05) is 6.42 Å². The first-order valence-corrected chi connectivity index (χ1v) is 8.46. The Morgan fingerprint density at radius 2 is 1.27 bits per heavy atom. The Hall–Kier alpha value is -2.95. The van der Waals surface area contributed by atoms with Crippen molar-refractivity contribution < 1.29 is 23.9 Å². The minimum absolute atomic E-state index is 0.0654. The molecule has 5 nitrogen and oxygen atoms in total. The third-order valence-electron chi connectivity index (χ3n) is 3.99. The molecule has 0 radical (unpaired) electrons. The fraction of sp³-hybridized carbons (Fsp3) is 0.286. The van der Waals surface area contributed by atoms with Crippen molar-refractivity contribution in [3.05, 3.63) is 71.8 Å². The van der Waals surface area contributed by atoms with Crippen molar-refractivity contribution in [2.45, 2.75) is 26.6 Å². The normalized spacial score (nSPS) is 11.6. The Morgan fingerprint density at radius 1 is 0.846 bits per heavy atom. The van der Waals surface area contributed by atoms with Gasteiger partial charge in [-0.3, -0.25) is 9.59 Å². The summed E-state index contributed by atoms with van der Waals surface area (Å²) in [7, 11) is 0. The van der Waals surface area contributed by atoms with Gasteiger partial charge in [0.15, 0.2) is 5.92 Å². The first-order chi connectivity index (χ1) is 12.6. The van der Waals surface area contributed by atoms with Gasteiger partial charge < -0.3 is 14.3 Å². The van der Waals surface area contributed by atoms with Crippen LogP contribution < -0.4 is 0 Å². The van der Waals surface area contributed by atoms with Gasteiger partial charge in [0.25, 0.3) is 0 Å². The minimum atomic E-state index is -1.13. The molecule has 0 fully saturated rings. The summed E-state index contributed by atoms with van der Waals surface area (Å²) in [5.41, 5.74) is 1.64. The number of carbonyl (C=O) groups is 3. The molecule has 26 heavy (non-hydrogen) atoms. The molecule has 0 N–H and O–H groups in total. The summed E-state index contributed by atoms with van der Waals surface area (Å²) in [6.07, 6.45) is 0.762. The molecule has 5 heteroatoms. The largest absolute Gasteiger partial charge is 0.460 e. The molecule has 2 aromatic rings. The lowest BCUT2D eigenvalue weighted by atomic mass is 9.91. The van der Waals surface area contributed by atoms with Crippen molar-refractivity contribution in [2.24, 2.45) is 11.8 Å². The number of ether oxygens (including phenoxy) is 2. The maximum Gasteiger partial charge on any atom is 0.320 e. The van der Waals surface area contributed by atoms with E-state index in [1.165, 1.54) is 0 Å². The van der Waals surface area contributed by atoms with E-state index in [4.69, 9.17) is 9.47 Å². The Labute approximate surface area is 152 Å². The molecule has 0 spiro atoms. The van der Waals surface area contributed by atoms with Crippen LogP contribution >= 0.6 is 0 Å². The zero-order valence-corrected chi connectivity index (χ0v) is 14.7. The van der Waals surface area contributed by atoms with Crippen LogP contribution in [-0.4, -0.2) is 18.2 Å². The number of carbonyl (C=O) groups excluding carboxylic acids is 3. The highest BCUT2D eigenvalue weighted by Crippen LogP contribution is 2.20. The number of aldehydes is 1. The van der Waals surface area contributed by atoms with E-state index >= 15 is 0 Å². The Bertz CT molecular complexity index is 656. The summed E-state index contributed by atoms with van der Waals surface area (Å²) in [5, 5.41) is 0. The average molecular weight is 354 g/mol. The predicted octanol–water partition coefficient (Wildman–Crippen LogP) is 3.31. The SMILES string of the molecule is C[C@@H](CC=O)C(C(=O)OCc1ccccc1)C(=O)OCc1ccccc1. The van der Waals surface area contributed by atoms with Crippen LogP contribution in [0.15, 0.2) is 60.7 Å². The van der Waals surface area contributed by atoms with Gasteiger partial charge >= 0.3 is 11.9 Å². The summed E-state index contributed by atoms with van der Waals surface area (Å²) >= 11 is 0. The monoisotopic (exact) mass is 354 g/mol. The molecule has 0 saturated carbocycles. The third kappa shape index (κ3) is 5.84. The average Bonchev–Trinajstić information content (AvgIpc) is 2.67. The number of hydrogen-bond acceptors (Lipinski definition) is 5. The summed E-state index contributed by atoms with van der Waals surface area (Å²) in [6.45, 7) is 1.79. The van der Waals surface area contributed by atoms with E-state index in [9.17, 15) is 14.4 Å². The van der Waals surface area contributed by atoms with Crippen LogP contribution in [0.4, 0.5) is 0 Å². The lowest BCUT2D eigenvalue weighted by Gasteiger charge is -2.20. The van der Waals surface area contributed by atoms with E-state index in [2.05, 4.69) is 0 Å².